The summed E-state index contributed by atoms with van der Waals surface area (Å²) in [5.74, 6) is 0. The van der Waals surface area contributed by atoms with E-state index in [9.17, 15) is 0 Å². The van der Waals surface area contributed by atoms with Gasteiger partial charge in [-0.2, -0.15) is 5.10 Å². The van der Waals surface area contributed by atoms with E-state index < -0.39 is 0 Å². The summed E-state index contributed by atoms with van der Waals surface area (Å²) < 4.78 is 2.03. The smallest absolute Gasteiger partial charge is 0.0860 e. The van der Waals surface area contributed by atoms with Crippen molar-refractivity contribution in [1.82, 2.24) is 14.7 Å². The summed E-state index contributed by atoms with van der Waals surface area (Å²) in [6.45, 7) is 7.78. The fraction of sp³-hybridized carbons (Fsp3) is 0.786. The van der Waals surface area contributed by atoms with Gasteiger partial charge in [0.25, 0.3) is 0 Å². The Morgan fingerprint density at radius 3 is 2.89 bits per heavy atom. The molecule has 108 valence electrons. The Morgan fingerprint density at radius 1 is 1.42 bits per heavy atom. The van der Waals surface area contributed by atoms with Crippen molar-refractivity contribution in [3.63, 3.8) is 0 Å². The highest BCUT2D eigenvalue weighted by Gasteiger charge is 2.24. The molecular weight excluding hydrogens is 260 g/mol. The minimum Gasteiger partial charge on any atom is -0.330 e. The van der Waals surface area contributed by atoms with Gasteiger partial charge in [-0.05, 0) is 46.2 Å². The summed E-state index contributed by atoms with van der Waals surface area (Å²) in [5, 5.41) is 5.33. The van der Waals surface area contributed by atoms with Gasteiger partial charge in [-0.1, -0.05) is 18.0 Å². The van der Waals surface area contributed by atoms with Crippen LogP contribution in [-0.4, -0.2) is 33.8 Å². The van der Waals surface area contributed by atoms with Crippen molar-refractivity contribution < 1.29 is 0 Å². The Labute approximate surface area is 120 Å². The molecule has 19 heavy (non-hydrogen) atoms. The van der Waals surface area contributed by atoms with Crippen molar-refractivity contribution in [2.45, 2.75) is 58.7 Å². The number of hydrogen-bond donors (Lipinski definition) is 1. The van der Waals surface area contributed by atoms with E-state index in [4.69, 9.17) is 17.3 Å². The molecule has 1 unspecified atom stereocenters. The van der Waals surface area contributed by atoms with Crippen LogP contribution in [0, 0.1) is 6.92 Å². The lowest BCUT2D eigenvalue weighted by Crippen LogP contribution is -2.40. The first-order valence-corrected chi connectivity index (χ1v) is 7.71. The zero-order valence-corrected chi connectivity index (χ0v) is 12.8. The van der Waals surface area contributed by atoms with Crippen LogP contribution >= 0.6 is 11.6 Å². The number of rotatable bonds is 5. The summed E-state index contributed by atoms with van der Waals surface area (Å²) in [5.41, 5.74) is 7.83. The minimum atomic E-state index is 0.607. The number of aromatic nitrogens is 2. The van der Waals surface area contributed by atoms with Crippen LogP contribution < -0.4 is 5.73 Å². The maximum absolute atomic E-state index is 6.40. The Hall–Kier alpha value is -0.580. The van der Waals surface area contributed by atoms with Gasteiger partial charge in [0.2, 0.25) is 0 Å². The fourth-order valence-corrected chi connectivity index (χ4v) is 3.19. The van der Waals surface area contributed by atoms with Gasteiger partial charge in [-0.3, -0.25) is 9.58 Å². The van der Waals surface area contributed by atoms with Crippen LogP contribution in [0.5, 0.6) is 0 Å². The number of nitrogens with zero attached hydrogens (tertiary/aromatic N) is 3. The summed E-state index contributed by atoms with van der Waals surface area (Å²) in [6, 6.07) is 0.607. The second kappa shape index (κ2) is 6.73. The maximum atomic E-state index is 6.40. The Kier molecular flexibility index (Phi) is 5.25. The third-order valence-electron chi connectivity index (χ3n) is 4.05. The molecule has 2 rings (SSSR count). The van der Waals surface area contributed by atoms with Crippen LogP contribution in [0.2, 0.25) is 5.02 Å². The average molecular weight is 285 g/mol. The van der Waals surface area contributed by atoms with Crippen LogP contribution in [0.3, 0.4) is 0 Å². The molecule has 0 spiro atoms. The lowest BCUT2D eigenvalue weighted by molar-refractivity contribution is 0.130. The molecule has 0 bridgehead atoms. The Balaban J connectivity index is 2.14. The van der Waals surface area contributed by atoms with E-state index >= 15 is 0 Å². The highest BCUT2D eigenvalue weighted by molar-refractivity contribution is 6.31. The lowest BCUT2D eigenvalue weighted by Gasteiger charge is -2.35. The van der Waals surface area contributed by atoms with Gasteiger partial charge >= 0.3 is 0 Å². The van der Waals surface area contributed by atoms with Crippen molar-refractivity contribution >= 4 is 11.6 Å². The standard InChI is InChI=1S/C14H25ClN4/c1-3-19-13(14(15)11(2)17-19)10-18-9-5-4-6-12(18)7-8-16/h12H,3-10,16H2,1-2H3. The summed E-state index contributed by atoms with van der Waals surface area (Å²) >= 11 is 6.40. The summed E-state index contributed by atoms with van der Waals surface area (Å²) in [6.07, 6.45) is 4.93. The average Bonchev–Trinajstić information content (AvgIpc) is 2.69. The molecule has 1 aliphatic rings. The molecule has 0 amide bonds. The first-order valence-electron chi connectivity index (χ1n) is 7.33. The number of hydrogen-bond acceptors (Lipinski definition) is 3. The number of aryl methyl sites for hydroxylation is 2. The minimum absolute atomic E-state index is 0.607. The normalized spacial score (nSPS) is 20.9. The first-order chi connectivity index (χ1) is 9.17. The topological polar surface area (TPSA) is 47.1 Å². The zero-order chi connectivity index (χ0) is 13.8. The molecule has 1 aliphatic heterocycles. The molecule has 1 atom stereocenters. The molecule has 5 heteroatoms. The van der Waals surface area contributed by atoms with Crippen molar-refractivity contribution in [2.75, 3.05) is 13.1 Å². The maximum Gasteiger partial charge on any atom is 0.0860 e. The quantitative estimate of drug-likeness (QED) is 0.904. The van der Waals surface area contributed by atoms with E-state index in [1.807, 2.05) is 11.6 Å². The van der Waals surface area contributed by atoms with Crippen molar-refractivity contribution in [2.24, 2.45) is 5.73 Å². The number of halogens is 1. The second-order valence-corrected chi connectivity index (χ2v) is 5.74. The van der Waals surface area contributed by atoms with E-state index in [1.165, 1.54) is 19.3 Å². The Morgan fingerprint density at radius 2 is 2.21 bits per heavy atom. The lowest BCUT2D eigenvalue weighted by atomic mass is 9.99. The molecule has 0 saturated carbocycles. The molecule has 1 fully saturated rings. The number of likely N-dealkylation sites (tertiary alicyclic amines) is 1. The second-order valence-electron chi connectivity index (χ2n) is 5.36. The van der Waals surface area contributed by atoms with Crippen LogP contribution in [0.1, 0.15) is 44.0 Å². The van der Waals surface area contributed by atoms with Gasteiger partial charge in [0.05, 0.1) is 16.4 Å². The molecular formula is C14H25ClN4. The predicted octanol–water partition coefficient (Wildman–Crippen LogP) is 2.57. The monoisotopic (exact) mass is 284 g/mol. The third kappa shape index (κ3) is 3.30. The largest absolute Gasteiger partial charge is 0.330 e. The van der Waals surface area contributed by atoms with E-state index in [1.54, 1.807) is 0 Å². The highest BCUT2D eigenvalue weighted by Crippen LogP contribution is 2.26. The SMILES string of the molecule is CCn1nc(C)c(Cl)c1CN1CCCCC1CCN. The number of nitrogens with two attached hydrogens (primary N) is 1. The molecule has 4 nitrogen and oxygen atoms in total. The number of piperidine rings is 1. The van der Waals surface area contributed by atoms with Crippen LogP contribution in [0.25, 0.3) is 0 Å². The predicted molar refractivity (Wildman–Crippen MR) is 79.4 cm³/mol. The third-order valence-corrected chi connectivity index (χ3v) is 4.55. The van der Waals surface area contributed by atoms with Gasteiger partial charge in [0.1, 0.15) is 0 Å². The van der Waals surface area contributed by atoms with E-state index in [-0.39, 0.29) is 0 Å². The van der Waals surface area contributed by atoms with Crippen molar-refractivity contribution in [1.29, 1.82) is 0 Å². The molecule has 1 saturated heterocycles. The van der Waals surface area contributed by atoms with Crippen LogP contribution in [0.4, 0.5) is 0 Å². The van der Waals surface area contributed by atoms with Gasteiger partial charge in [-0.15, -0.1) is 0 Å². The highest BCUT2D eigenvalue weighted by atomic mass is 35.5. The van der Waals surface area contributed by atoms with Gasteiger partial charge in [0.15, 0.2) is 0 Å². The molecule has 0 aromatic carbocycles. The van der Waals surface area contributed by atoms with Crippen LogP contribution in [0.15, 0.2) is 0 Å². The molecule has 0 aliphatic carbocycles. The van der Waals surface area contributed by atoms with E-state index in [0.29, 0.717) is 6.04 Å². The molecule has 1 aromatic rings. The molecule has 0 radical (unpaired) electrons. The first kappa shape index (κ1) is 14.8. The summed E-state index contributed by atoms with van der Waals surface area (Å²) in [4.78, 5) is 2.53. The van der Waals surface area contributed by atoms with Gasteiger partial charge in [-0.25, -0.2) is 0 Å². The molecule has 1 aromatic heterocycles. The summed E-state index contributed by atoms with van der Waals surface area (Å²) in [7, 11) is 0. The van der Waals surface area contributed by atoms with E-state index in [2.05, 4.69) is 16.9 Å². The molecule has 2 heterocycles. The van der Waals surface area contributed by atoms with Gasteiger partial charge < -0.3 is 5.73 Å². The van der Waals surface area contributed by atoms with Crippen molar-refractivity contribution in [3.05, 3.63) is 16.4 Å². The Bertz CT molecular complexity index is 414. The van der Waals surface area contributed by atoms with Crippen LogP contribution in [-0.2, 0) is 13.1 Å². The van der Waals surface area contributed by atoms with Crippen molar-refractivity contribution in [3.8, 4) is 0 Å². The van der Waals surface area contributed by atoms with E-state index in [0.717, 1.165) is 49.0 Å². The van der Waals surface area contributed by atoms with Gasteiger partial charge in [0, 0.05) is 19.1 Å². The molecule has 2 N–H and O–H groups in total. The zero-order valence-electron chi connectivity index (χ0n) is 12.0. The fourth-order valence-electron chi connectivity index (χ4n) is 3.00.